The van der Waals surface area contributed by atoms with Gasteiger partial charge < -0.3 is 10.6 Å². The second kappa shape index (κ2) is 7.44. The summed E-state index contributed by atoms with van der Waals surface area (Å²) in [4.78, 5) is 12.0. The molecule has 2 rings (SSSR count). The number of hydrogen-bond donors (Lipinski definition) is 2. The smallest absolute Gasteiger partial charge is 0.220 e. The molecule has 0 saturated carbocycles. The molecule has 20 heavy (non-hydrogen) atoms. The Morgan fingerprint density at radius 1 is 1.40 bits per heavy atom. The van der Waals surface area contributed by atoms with E-state index in [0.29, 0.717) is 12.5 Å². The highest BCUT2D eigenvalue weighted by Crippen LogP contribution is 2.12. The molecule has 3 heteroatoms. The van der Waals surface area contributed by atoms with Gasteiger partial charge in [0, 0.05) is 18.5 Å². The molecule has 1 aromatic rings. The fourth-order valence-corrected chi connectivity index (χ4v) is 2.87. The van der Waals surface area contributed by atoms with Crippen molar-refractivity contribution in [1.29, 1.82) is 0 Å². The van der Waals surface area contributed by atoms with Gasteiger partial charge in [-0.3, -0.25) is 4.79 Å². The van der Waals surface area contributed by atoms with E-state index in [4.69, 9.17) is 0 Å². The molecule has 1 aliphatic heterocycles. The van der Waals surface area contributed by atoms with E-state index in [1.54, 1.807) is 0 Å². The van der Waals surface area contributed by atoms with Gasteiger partial charge in [-0.2, -0.15) is 0 Å². The monoisotopic (exact) mass is 274 g/mol. The molecule has 2 atom stereocenters. The van der Waals surface area contributed by atoms with E-state index in [1.165, 1.54) is 30.4 Å². The molecular formula is C17H26N2O. The lowest BCUT2D eigenvalue weighted by molar-refractivity contribution is -0.121. The van der Waals surface area contributed by atoms with Crippen molar-refractivity contribution < 1.29 is 4.79 Å². The fraction of sp³-hybridized carbons (Fsp3) is 0.588. The van der Waals surface area contributed by atoms with Crippen LogP contribution in [-0.4, -0.2) is 24.5 Å². The average molecular weight is 274 g/mol. The number of benzene rings is 1. The van der Waals surface area contributed by atoms with Crippen molar-refractivity contribution in [2.24, 2.45) is 0 Å². The van der Waals surface area contributed by atoms with Crippen molar-refractivity contribution >= 4 is 5.91 Å². The zero-order valence-electron chi connectivity index (χ0n) is 12.6. The third kappa shape index (κ3) is 4.34. The van der Waals surface area contributed by atoms with E-state index in [-0.39, 0.29) is 11.9 Å². The highest BCUT2D eigenvalue weighted by atomic mass is 16.1. The highest BCUT2D eigenvalue weighted by Gasteiger charge is 2.20. The first-order valence-corrected chi connectivity index (χ1v) is 7.74. The standard InChI is InChI=1S/C17H26N2O/c1-13-7-3-4-8-15(13)10-11-17(20)19-14(2)16-9-5-6-12-18-16/h3-4,7-8,14,16,18H,5-6,9-12H2,1-2H3,(H,19,20). The molecule has 1 heterocycles. The number of piperidine rings is 1. The number of carbonyl (C=O) groups excluding carboxylic acids is 1. The van der Waals surface area contributed by atoms with Gasteiger partial charge in [0.2, 0.25) is 5.91 Å². The van der Waals surface area contributed by atoms with E-state index in [9.17, 15) is 4.79 Å². The van der Waals surface area contributed by atoms with Crippen LogP contribution in [0.1, 0.15) is 43.7 Å². The van der Waals surface area contributed by atoms with E-state index >= 15 is 0 Å². The van der Waals surface area contributed by atoms with Gasteiger partial charge in [0.05, 0.1) is 0 Å². The third-order valence-corrected chi connectivity index (χ3v) is 4.22. The van der Waals surface area contributed by atoms with Gasteiger partial charge in [-0.15, -0.1) is 0 Å². The lowest BCUT2D eigenvalue weighted by atomic mass is 9.98. The maximum atomic E-state index is 12.0. The van der Waals surface area contributed by atoms with Crippen LogP contribution in [0.5, 0.6) is 0 Å². The number of hydrogen-bond acceptors (Lipinski definition) is 2. The van der Waals surface area contributed by atoms with Crippen LogP contribution in [0, 0.1) is 6.92 Å². The van der Waals surface area contributed by atoms with Gasteiger partial charge in [0.25, 0.3) is 0 Å². The van der Waals surface area contributed by atoms with E-state index in [0.717, 1.165) is 13.0 Å². The summed E-state index contributed by atoms with van der Waals surface area (Å²) >= 11 is 0. The van der Waals surface area contributed by atoms with Crippen LogP contribution in [0.2, 0.25) is 0 Å². The highest BCUT2D eigenvalue weighted by molar-refractivity contribution is 5.76. The number of aryl methyl sites for hydroxylation is 2. The molecule has 110 valence electrons. The molecule has 0 spiro atoms. The van der Waals surface area contributed by atoms with Crippen molar-refractivity contribution in [2.75, 3.05) is 6.54 Å². The van der Waals surface area contributed by atoms with Crippen LogP contribution in [0.4, 0.5) is 0 Å². The summed E-state index contributed by atoms with van der Waals surface area (Å²) in [5.74, 6) is 0.160. The molecule has 0 aliphatic carbocycles. The summed E-state index contributed by atoms with van der Waals surface area (Å²) in [7, 11) is 0. The Kier molecular flexibility index (Phi) is 5.60. The largest absolute Gasteiger partial charge is 0.352 e. The Bertz CT molecular complexity index is 438. The first-order chi connectivity index (χ1) is 9.66. The van der Waals surface area contributed by atoms with Crippen molar-refractivity contribution in [2.45, 2.75) is 58.0 Å². The van der Waals surface area contributed by atoms with Crippen molar-refractivity contribution in [3.63, 3.8) is 0 Å². The molecule has 1 aliphatic rings. The quantitative estimate of drug-likeness (QED) is 0.866. The molecular weight excluding hydrogens is 248 g/mol. The zero-order valence-corrected chi connectivity index (χ0v) is 12.6. The average Bonchev–Trinajstić information content (AvgIpc) is 2.47. The Morgan fingerprint density at radius 2 is 2.20 bits per heavy atom. The Morgan fingerprint density at radius 3 is 2.90 bits per heavy atom. The molecule has 3 nitrogen and oxygen atoms in total. The predicted molar refractivity (Wildman–Crippen MR) is 82.7 cm³/mol. The Balaban J connectivity index is 1.76. The number of rotatable bonds is 5. The zero-order chi connectivity index (χ0) is 14.4. The minimum Gasteiger partial charge on any atom is -0.352 e. The molecule has 0 radical (unpaired) electrons. The first kappa shape index (κ1) is 15.0. The lowest BCUT2D eigenvalue weighted by Crippen LogP contribution is -2.50. The summed E-state index contributed by atoms with van der Waals surface area (Å²) in [6.07, 6.45) is 5.08. The SMILES string of the molecule is Cc1ccccc1CCC(=O)NC(C)C1CCCCN1. The van der Waals surface area contributed by atoms with E-state index in [2.05, 4.69) is 36.6 Å². The molecule has 1 fully saturated rings. The Hall–Kier alpha value is -1.35. The van der Waals surface area contributed by atoms with Crippen LogP contribution in [0.3, 0.4) is 0 Å². The fourth-order valence-electron chi connectivity index (χ4n) is 2.87. The van der Waals surface area contributed by atoms with Gasteiger partial charge in [0.1, 0.15) is 0 Å². The van der Waals surface area contributed by atoms with Crippen LogP contribution in [0.15, 0.2) is 24.3 Å². The van der Waals surface area contributed by atoms with E-state index in [1.807, 2.05) is 12.1 Å². The second-order valence-corrected chi connectivity index (χ2v) is 5.84. The van der Waals surface area contributed by atoms with Crippen molar-refractivity contribution in [3.8, 4) is 0 Å². The molecule has 1 saturated heterocycles. The summed E-state index contributed by atoms with van der Waals surface area (Å²) in [5.41, 5.74) is 2.54. The summed E-state index contributed by atoms with van der Waals surface area (Å²) in [6, 6.07) is 8.94. The maximum Gasteiger partial charge on any atom is 0.220 e. The van der Waals surface area contributed by atoms with Crippen LogP contribution < -0.4 is 10.6 Å². The number of nitrogens with one attached hydrogen (secondary N) is 2. The third-order valence-electron chi connectivity index (χ3n) is 4.22. The van der Waals surface area contributed by atoms with Crippen LogP contribution in [0.25, 0.3) is 0 Å². The number of amides is 1. The van der Waals surface area contributed by atoms with Crippen LogP contribution in [-0.2, 0) is 11.2 Å². The maximum absolute atomic E-state index is 12.0. The second-order valence-electron chi connectivity index (χ2n) is 5.84. The van der Waals surface area contributed by atoms with Crippen molar-refractivity contribution in [1.82, 2.24) is 10.6 Å². The molecule has 1 aromatic carbocycles. The minimum atomic E-state index is 0.160. The minimum absolute atomic E-state index is 0.160. The summed E-state index contributed by atoms with van der Waals surface area (Å²) < 4.78 is 0. The van der Waals surface area contributed by atoms with Gasteiger partial charge in [-0.25, -0.2) is 0 Å². The van der Waals surface area contributed by atoms with E-state index < -0.39 is 0 Å². The normalized spacial score (nSPS) is 20.4. The predicted octanol–water partition coefficient (Wildman–Crippen LogP) is 2.57. The van der Waals surface area contributed by atoms with Gasteiger partial charge >= 0.3 is 0 Å². The molecule has 2 N–H and O–H groups in total. The lowest BCUT2D eigenvalue weighted by Gasteiger charge is -2.29. The Labute approximate surface area is 122 Å². The van der Waals surface area contributed by atoms with Crippen LogP contribution >= 0.6 is 0 Å². The molecule has 2 unspecified atom stereocenters. The molecule has 1 amide bonds. The van der Waals surface area contributed by atoms with Gasteiger partial charge in [0.15, 0.2) is 0 Å². The summed E-state index contributed by atoms with van der Waals surface area (Å²) in [6.45, 7) is 5.28. The van der Waals surface area contributed by atoms with Gasteiger partial charge in [-0.05, 0) is 50.8 Å². The van der Waals surface area contributed by atoms with Crippen molar-refractivity contribution in [3.05, 3.63) is 35.4 Å². The topological polar surface area (TPSA) is 41.1 Å². The first-order valence-electron chi connectivity index (χ1n) is 7.74. The molecule has 0 bridgehead atoms. The van der Waals surface area contributed by atoms with Gasteiger partial charge in [-0.1, -0.05) is 30.7 Å². The molecule has 0 aromatic heterocycles. The summed E-state index contributed by atoms with van der Waals surface area (Å²) in [5, 5.41) is 6.63. The number of carbonyl (C=O) groups is 1.